The van der Waals surface area contributed by atoms with E-state index in [0.717, 1.165) is 12.1 Å². The topological polar surface area (TPSA) is 75.4 Å². The summed E-state index contributed by atoms with van der Waals surface area (Å²) >= 11 is 0. The number of rotatable bonds is 4. The minimum Gasteiger partial charge on any atom is -0.349 e. The van der Waals surface area contributed by atoms with Gasteiger partial charge in [-0.05, 0) is 56.2 Å². The van der Waals surface area contributed by atoms with Crippen LogP contribution in [0.15, 0.2) is 18.2 Å². The smallest absolute Gasteiger partial charge is 0.251 e. The fourth-order valence-electron chi connectivity index (χ4n) is 3.86. The van der Waals surface area contributed by atoms with Gasteiger partial charge < -0.3 is 16.0 Å². The summed E-state index contributed by atoms with van der Waals surface area (Å²) in [5.74, 6) is -2.73. The third-order valence-electron chi connectivity index (χ3n) is 5.52. The average Bonchev–Trinajstić information content (AvgIpc) is 3.09. The highest BCUT2D eigenvalue weighted by atomic mass is 19.2. The van der Waals surface area contributed by atoms with Gasteiger partial charge in [0, 0.05) is 18.2 Å². The molecule has 148 valence electrons. The summed E-state index contributed by atoms with van der Waals surface area (Å²) < 4.78 is 39.5. The van der Waals surface area contributed by atoms with Crippen molar-refractivity contribution >= 4 is 11.8 Å². The molecule has 0 aromatic heterocycles. The van der Waals surface area contributed by atoms with Crippen molar-refractivity contribution in [2.24, 2.45) is 11.7 Å². The first-order chi connectivity index (χ1) is 12.8. The fraction of sp³-hybridized carbons (Fsp3) is 0.579. The van der Waals surface area contributed by atoms with Crippen LogP contribution >= 0.6 is 0 Å². The zero-order valence-electron chi connectivity index (χ0n) is 15.0. The Labute approximate surface area is 156 Å². The van der Waals surface area contributed by atoms with E-state index < -0.39 is 29.8 Å². The fourth-order valence-corrected chi connectivity index (χ4v) is 3.86. The minimum absolute atomic E-state index is 0.00687. The molecule has 0 radical (unpaired) electrons. The first-order valence-electron chi connectivity index (χ1n) is 9.29. The Kier molecular flexibility index (Phi) is 6.04. The van der Waals surface area contributed by atoms with Gasteiger partial charge in [0.25, 0.3) is 5.91 Å². The largest absolute Gasteiger partial charge is 0.349 e. The summed E-state index contributed by atoms with van der Waals surface area (Å²) in [6, 6.07) is 2.28. The summed E-state index contributed by atoms with van der Waals surface area (Å²) in [4.78, 5) is 26.1. The molecule has 5 nitrogen and oxygen atoms in total. The third-order valence-corrected chi connectivity index (χ3v) is 5.52. The number of hydrogen-bond acceptors (Lipinski definition) is 3. The molecular weight excluding hydrogens is 359 g/mol. The summed E-state index contributed by atoms with van der Waals surface area (Å²) in [5.41, 5.74) is 6.17. The second kappa shape index (κ2) is 8.29. The van der Waals surface area contributed by atoms with Crippen LogP contribution in [0.3, 0.4) is 0 Å². The van der Waals surface area contributed by atoms with Crippen molar-refractivity contribution in [3.05, 3.63) is 35.4 Å². The van der Waals surface area contributed by atoms with Crippen LogP contribution in [0, 0.1) is 17.6 Å². The molecule has 2 fully saturated rings. The molecule has 3 rings (SSSR count). The predicted molar refractivity (Wildman–Crippen MR) is 93.6 cm³/mol. The number of carbonyl (C=O) groups is 2. The maximum absolute atomic E-state index is 13.3. The summed E-state index contributed by atoms with van der Waals surface area (Å²) in [6.45, 7) is 0.527. The van der Waals surface area contributed by atoms with E-state index in [2.05, 4.69) is 5.32 Å². The molecule has 2 atom stereocenters. The molecule has 2 aliphatic rings. The van der Waals surface area contributed by atoms with Crippen LogP contribution in [-0.2, 0) is 4.79 Å². The van der Waals surface area contributed by atoms with E-state index in [9.17, 15) is 22.8 Å². The van der Waals surface area contributed by atoms with Crippen molar-refractivity contribution in [3.8, 4) is 0 Å². The molecule has 1 aromatic carbocycles. The predicted octanol–water partition coefficient (Wildman–Crippen LogP) is 2.15. The summed E-state index contributed by atoms with van der Waals surface area (Å²) in [7, 11) is 0. The second-order valence-corrected chi connectivity index (χ2v) is 7.41. The highest BCUT2D eigenvalue weighted by Crippen LogP contribution is 2.28. The standard InChI is InChI=1S/C19H24F3N3O2/c20-13-7-8-25(10-13)19(27)17(23)11-1-4-14(5-2-11)24-18(26)12-3-6-15(21)16(22)9-12/h3,6,9,11,13-14,17H,1-2,4-5,7-8,10,23H2,(H,24,26)/t11?,13-,14?,17+/m1/s1. The molecule has 2 amide bonds. The molecule has 1 saturated heterocycles. The number of carbonyl (C=O) groups excluding carboxylic acids is 2. The lowest BCUT2D eigenvalue weighted by atomic mass is 9.81. The third kappa shape index (κ3) is 4.61. The quantitative estimate of drug-likeness (QED) is 0.837. The molecule has 8 heteroatoms. The second-order valence-electron chi connectivity index (χ2n) is 7.41. The normalized spacial score (nSPS) is 26.7. The van der Waals surface area contributed by atoms with E-state index in [1.165, 1.54) is 11.0 Å². The number of likely N-dealkylation sites (tertiary alicyclic amines) is 1. The van der Waals surface area contributed by atoms with E-state index in [1.807, 2.05) is 0 Å². The van der Waals surface area contributed by atoms with E-state index in [1.54, 1.807) is 0 Å². The Morgan fingerprint density at radius 2 is 1.81 bits per heavy atom. The number of nitrogens with two attached hydrogens (primary N) is 1. The van der Waals surface area contributed by atoms with Crippen molar-refractivity contribution in [1.29, 1.82) is 0 Å². The molecule has 1 aromatic rings. The van der Waals surface area contributed by atoms with Crippen LogP contribution < -0.4 is 11.1 Å². The van der Waals surface area contributed by atoms with Crippen molar-refractivity contribution in [2.75, 3.05) is 13.1 Å². The van der Waals surface area contributed by atoms with Crippen molar-refractivity contribution < 1.29 is 22.8 Å². The zero-order chi connectivity index (χ0) is 19.6. The minimum atomic E-state index is -1.06. The maximum Gasteiger partial charge on any atom is 0.251 e. The average molecular weight is 383 g/mol. The Bertz CT molecular complexity index is 707. The van der Waals surface area contributed by atoms with Gasteiger partial charge in [0.05, 0.1) is 12.6 Å². The lowest BCUT2D eigenvalue weighted by Crippen LogP contribution is -2.49. The van der Waals surface area contributed by atoms with Crippen LogP contribution in [0.5, 0.6) is 0 Å². The Hall–Kier alpha value is -2.09. The van der Waals surface area contributed by atoms with Gasteiger partial charge in [-0.1, -0.05) is 0 Å². The van der Waals surface area contributed by atoms with Gasteiger partial charge in [0.1, 0.15) is 6.17 Å². The number of hydrogen-bond donors (Lipinski definition) is 2. The van der Waals surface area contributed by atoms with Crippen LogP contribution in [0.1, 0.15) is 42.5 Å². The molecule has 0 spiro atoms. The molecular formula is C19H24F3N3O2. The van der Waals surface area contributed by atoms with Gasteiger partial charge in [-0.15, -0.1) is 0 Å². The lowest BCUT2D eigenvalue weighted by molar-refractivity contribution is -0.133. The van der Waals surface area contributed by atoms with Gasteiger partial charge in [0.2, 0.25) is 5.91 Å². The summed E-state index contributed by atoms with van der Waals surface area (Å²) in [6.07, 6.45) is 2.02. The van der Waals surface area contributed by atoms with Crippen LogP contribution in [0.2, 0.25) is 0 Å². The molecule has 0 unspecified atom stereocenters. The van der Waals surface area contributed by atoms with Gasteiger partial charge in [-0.25, -0.2) is 13.2 Å². The van der Waals surface area contributed by atoms with Gasteiger partial charge in [-0.2, -0.15) is 0 Å². The number of halogens is 3. The number of alkyl halides is 1. The van der Waals surface area contributed by atoms with E-state index in [-0.39, 0.29) is 30.0 Å². The SMILES string of the molecule is N[C@H](C(=O)N1CC[C@@H](F)C1)C1CCC(NC(=O)c2ccc(F)c(F)c2)CC1. The van der Waals surface area contributed by atoms with Gasteiger partial charge in [0.15, 0.2) is 11.6 Å². The van der Waals surface area contributed by atoms with E-state index in [0.29, 0.717) is 38.6 Å². The Morgan fingerprint density at radius 1 is 1.11 bits per heavy atom. The molecule has 3 N–H and O–H groups in total. The maximum atomic E-state index is 13.3. The monoisotopic (exact) mass is 383 g/mol. The summed E-state index contributed by atoms with van der Waals surface area (Å²) in [5, 5.41) is 2.82. The number of amides is 2. The molecule has 1 aliphatic heterocycles. The zero-order valence-corrected chi connectivity index (χ0v) is 15.0. The number of nitrogens with one attached hydrogen (secondary N) is 1. The van der Waals surface area contributed by atoms with Crippen molar-refractivity contribution in [3.63, 3.8) is 0 Å². The Balaban J connectivity index is 1.49. The van der Waals surface area contributed by atoms with E-state index >= 15 is 0 Å². The first-order valence-corrected chi connectivity index (χ1v) is 9.29. The Morgan fingerprint density at radius 3 is 2.41 bits per heavy atom. The van der Waals surface area contributed by atoms with Crippen LogP contribution in [-0.4, -0.2) is 48.1 Å². The van der Waals surface area contributed by atoms with Crippen molar-refractivity contribution in [1.82, 2.24) is 10.2 Å². The van der Waals surface area contributed by atoms with Gasteiger partial charge in [-0.3, -0.25) is 9.59 Å². The molecule has 0 bridgehead atoms. The number of benzene rings is 1. The van der Waals surface area contributed by atoms with Crippen molar-refractivity contribution in [2.45, 2.75) is 50.4 Å². The highest BCUT2D eigenvalue weighted by Gasteiger charge is 2.35. The molecule has 1 saturated carbocycles. The lowest BCUT2D eigenvalue weighted by Gasteiger charge is -2.33. The van der Waals surface area contributed by atoms with Crippen LogP contribution in [0.4, 0.5) is 13.2 Å². The van der Waals surface area contributed by atoms with Crippen LogP contribution in [0.25, 0.3) is 0 Å². The molecule has 1 aliphatic carbocycles. The number of nitrogens with zero attached hydrogens (tertiary/aromatic N) is 1. The highest BCUT2D eigenvalue weighted by molar-refractivity contribution is 5.94. The van der Waals surface area contributed by atoms with E-state index in [4.69, 9.17) is 5.73 Å². The molecule has 27 heavy (non-hydrogen) atoms. The first kappa shape index (κ1) is 19.7. The molecule has 1 heterocycles. The van der Waals surface area contributed by atoms with Gasteiger partial charge >= 0.3 is 0 Å².